The molecule has 0 unspecified atom stereocenters. The van der Waals surface area contributed by atoms with E-state index in [1.807, 2.05) is 6.07 Å². The minimum atomic E-state index is 0.622. The molecule has 3 aromatic heterocycles. The van der Waals surface area contributed by atoms with E-state index in [-0.39, 0.29) is 0 Å². The van der Waals surface area contributed by atoms with Crippen molar-refractivity contribution in [1.29, 1.82) is 5.26 Å². The van der Waals surface area contributed by atoms with Crippen molar-refractivity contribution in [2.24, 2.45) is 0 Å². The van der Waals surface area contributed by atoms with E-state index in [4.69, 9.17) is 0 Å². The highest BCUT2D eigenvalue weighted by atomic mass is 14.9. The molecule has 114 valence electrons. The first-order chi connectivity index (χ1) is 12.4. The van der Waals surface area contributed by atoms with Crippen LogP contribution in [-0.2, 0) is 0 Å². The Morgan fingerprint density at radius 3 is 2.24 bits per heavy atom. The molecule has 0 aliphatic heterocycles. The van der Waals surface area contributed by atoms with Crippen LogP contribution in [0.4, 0.5) is 0 Å². The smallest absolute Gasteiger partial charge is 0.101 e. The fourth-order valence-corrected chi connectivity index (χ4v) is 4.20. The van der Waals surface area contributed by atoms with Gasteiger partial charge in [-0.2, -0.15) is 5.26 Å². The molecule has 25 heavy (non-hydrogen) atoms. The molecule has 3 aromatic carbocycles. The van der Waals surface area contributed by atoms with E-state index < -0.39 is 0 Å². The van der Waals surface area contributed by atoms with Crippen molar-refractivity contribution in [3.05, 3.63) is 72.4 Å². The molecule has 3 nitrogen and oxygen atoms in total. The van der Waals surface area contributed by atoms with E-state index in [0.717, 1.165) is 32.7 Å². The number of aromatic nitrogens is 2. The van der Waals surface area contributed by atoms with Crippen molar-refractivity contribution >= 4 is 49.0 Å². The second kappa shape index (κ2) is 4.25. The summed E-state index contributed by atoms with van der Waals surface area (Å²) in [7, 11) is 0. The highest BCUT2D eigenvalue weighted by molar-refractivity contribution is 6.28. The van der Waals surface area contributed by atoms with Gasteiger partial charge in [-0.3, -0.25) is 4.98 Å². The van der Waals surface area contributed by atoms with Gasteiger partial charge in [-0.25, -0.2) is 0 Å². The lowest BCUT2D eigenvalue weighted by molar-refractivity contribution is 1.33. The topological polar surface area (TPSA) is 41.1 Å². The molecule has 0 radical (unpaired) electrons. The van der Waals surface area contributed by atoms with Gasteiger partial charge < -0.3 is 4.40 Å². The molecule has 0 saturated carbocycles. The molecule has 0 atom stereocenters. The molecular formula is C22H11N3. The van der Waals surface area contributed by atoms with Gasteiger partial charge in [0.15, 0.2) is 0 Å². The Bertz CT molecular complexity index is 1500. The minimum absolute atomic E-state index is 0.622. The number of benzene rings is 3. The van der Waals surface area contributed by atoms with Crippen molar-refractivity contribution in [3.63, 3.8) is 0 Å². The molecule has 0 bridgehead atoms. The zero-order chi connectivity index (χ0) is 16.5. The van der Waals surface area contributed by atoms with Crippen LogP contribution < -0.4 is 0 Å². The van der Waals surface area contributed by atoms with E-state index in [1.54, 1.807) is 6.20 Å². The lowest BCUT2D eigenvalue weighted by Gasteiger charge is -2.12. The van der Waals surface area contributed by atoms with Gasteiger partial charge in [-0.15, -0.1) is 0 Å². The first kappa shape index (κ1) is 12.7. The Hall–Kier alpha value is -3.64. The molecular weight excluding hydrogens is 306 g/mol. The van der Waals surface area contributed by atoms with Gasteiger partial charge in [0.2, 0.25) is 0 Å². The van der Waals surface area contributed by atoms with Crippen LogP contribution in [0.5, 0.6) is 0 Å². The summed E-state index contributed by atoms with van der Waals surface area (Å²) in [5.74, 6) is 0. The Labute approximate surface area is 142 Å². The summed E-state index contributed by atoms with van der Waals surface area (Å²) in [6, 6.07) is 23.3. The second-order valence-electron chi connectivity index (χ2n) is 6.39. The number of nitrogens with zero attached hydrogens (tertiary/aromatic N) is 3. The normalized spacial score (nSPS) is 12.0. The van der Waals surface area contributed by atoms with E-state index in [9.17, 15) is 5.26 Å². The largest absolute Gasteiger partial charge is 0.308 e. The van der Waals surface area contributed by atoms with Crippen LogP contribution in [0, 0.1) is 11.3 Å². The maximum atomic E-state index is 9.52. The second-order valence-corrected chi connectivity index (χ2v) is 6.39. The lowest BCUT2D eigenvalue weighted by Crippen LogP contribution is -1.95. The maximum absolute atomic E-state index is 9.52. The van der Waals surface area contributed by atoms with Crippen LogP contribution in [-0.4, -0.2) is 9.38 Å². The fraction of sp³-hybridized carbons (Fsp3) is 0. The van der Waals surface area contributed by atoms with Crippen LogP contribution in [0.2, 0.25) is 0 Å². The van der Waals surface area contributed by atoms with E-state index in [2.05, 4.69) is 70.1 Å². The molecule has 0 saturated heterocycles. The molecule has 6 rings (SSSR count). The van der Waals surface area contributed by atoms with E-state index in [1.165, 1.54) is 16.3 Å². The third-order valence-corrected chi connectivity index (χ3v) is 5.21. The molecule has 0 aliphatic rings. The van der Waals surface area contributed by atoms with Crippen LogP contribution >= 0.6 is 0 Å². The predicted octanol–water partition coefficient (Wildman–Crippen LogP) is 5.26. The average Bonchev–Trinajstić information content (AvgIpc) is 3.02. The van der Waals surface area contributed by atoms with Crippen molar-refractivity contribution in [2.75, 3.05) is 0 Å². The molecule has 0 amide bonds. The van der Waals surface area contributed by atoms with E-state index in [0.29, 0.717) is 5.56 Å². The minimum Gasteiger partial charge on any atom is -0.308 e. The highest BCUT2D eigenvalue weighted by Crippen LogP contribution is 2.40. The predicted molar refractivity (Wildman–Crippen MR) is 101 cm³/mol. The van der Waals surface area contributed by atoms with Crippen LogP contribution in [0.25, 0.3) is 49.0 Å². The van der Waals surface area contributed by atoms with Gasteiger partial charge in [0.1, 0.15) is 6.07 Å². The third-order valence-electron chi connectivity index (χ3n) is 5.21. The first-order valence-electron chi connectivity index (χ1n) is 8.23. The van der Waals surface area contributed by atoms with Crippen molar-refractivity contribution < 1.29 is 0 Å². The van der Waals surface area contributed by atoms with Gasteiger partial charge in [0.25, 0.3) is 0 Å². The highest BCUT2D eigenvalue weighted by Gasteiger charge is 2.19. The van der Waals surface area contributed by atoms with Crippen molar-refractivity contribution in [1.82, 2.24) is 9.38 Å². The standard InChI is InChI=1S/C22H11N3/c23-11-13-12-24-21-17-6-2-4-8-19(17)25-18-7-3-1-5-15(18)16-10-9-14(13)20(21)22(16)25/h1-10,12H. The molecule has 0 fully saturated rings. The van der Waals surface area contributed by atoms with Crippen LogP contribution in [0.1, 0.15) is 5.56 Å². The molecule has 3 heteroatoms. The summed E-state index contributed by atoms with van der Waals surface area (Å²) in [5, 5.41) is 15.1. The number of hydrogen-bond donors (Lipinski definition) is 0. The fourth-order valence-electron chi connectivity index (χ4n) is 4.20. The summed E-state index contributed by atoms with van der Waals surface area (Å²) in [6.07, 6.45) is 1.69. The van der Waals surface area contributed by atoms with E-state index >= 15 is 0 Å². The monoisotopic (exact) mass is 317 g/mol. The zero-order valence-electron chi connectivity index (χ0n) is 13.2. The average molecular weight is 317 g/mol. The zero-order valence-corrected chi connectivity index (χ0v) is 13.2. The summed E-state index contributed by atoms with van der Waals surface area (Å²) in [4.78, 5) is 4.67. The van der Waals surface area contributed by atoms with Gasteiger partial charge >= 0.3 is 0 Å². The number of pyridine rings is 2. The molecule has 3 heterocycles. The number of hydrogen-bond acceptors (Lipinski definition) is 2. The molecule has 0 spiro atoms. The number of rotatable bonds is 0. The molecule has 6 aromatic rings. The Morgan fingerprint density at radius 1 is 0.760 bits per heavy atom. The number of para-hydroxylation sites is 2. The quantitative estimate of drug-likeness (QED) is 0.283. The van der Waals surface area contributed by atoms with Crippen molar-refractivity contribution in [2.45, 2.75) is 0 Å². The summed E-state index contributed by atoms with van der Waals surface area (Å²) >= 11 is 0. The summed E-state index contributed by atoms with van der Waals surface area (Å²) in [5.41, 5.74) is 5.07. The molecule has 0 aliphatic carbocycles. The third kappa shape index (κ3) is 1.39. The van der Waals surface area contributed by atoms with Crippen molar-refractivity contribution in [3.8, 4) is 6.07 Å². The number of nitriles is 1. The number of fused-ring (bicyclic) bond motifs is 6. The Kier molecular flexibility index (Phi) is 2.17. The summed E-state index contributed by atoms with van der Waals surface area (Å²) in [6.45, 7) is 0. The van der Waals surface area contributed by atoms with Gasteiger partial charge in [-0.05, 0) is 12.1 Å². The molecule has 0 N–H and O–H groups in total. The Morgan fingerprint density at radius 2 is 1.44 bits per heavy atom. The maximum Gasteiger partial charge on any atom is 0.101 e. The van der Waals surface area contributed by atoms with Crippen LogP contribution in [0.3, 0.4) is 0 Å². The van der Waals surface area contributed by atoms with Gasteiger partial charge in [0.05, 0.1) is 27.6 Å². The summed E-state index contributed by atoms with van der Waals surface area (Å²) < 4.78 is 2.32. The Balaban J connectivity index is 2.14. The van der Waals surface area contributed by atoms with Gasteiger partial charge in [0, 0.05) is 33.1 Å². The lowest BCUT2D eigenvalue weighted by atomic mass is 10.00. The van der Waals surface area contributed by atoms with Gasteiger partial charge in [-0.1, -0.05) is 48.5 Å². The SMILES string of the molecule is N#Cc1cnc2c3ccccc3n3c4ccccc4c4ccc1c2c43. The van der Waals surface area contributed by atoms with Crippen LogP contribution in [0.15, 0.2) is 66.9 Å². The first-order valence-corrected chi connectivity index (χ1v) is 8.23.